The molecule has 2 N–H and O–H groups in total. The minimum atomic E-state index is -0.579. The van der Waals surface area contributed by atoms with Crippen molar-refractivity contribution in [1.82, 2.24) is 9.97 Å². The van der Waals surface area contributed by atoms with Crippen molar-refractivity contribution in [2.45, 2.75) is 0 Å². The van der Waals surface area contributed by atoms with Crippen molar-refractivity contribution in [1.29, 1.82) is 0 Å². The Balaban J connectivity index is 2.27. The van der Waals surface area contributed by atoms with Crippen LogP contribution in [0.4, 0.5) is 0 Å². The second-order valence-corrected chi connectivity index (χ2v) is 4.66. The smallest absolute Gasteiger partial charge is 0.267 e. The molecule has 0 aliphatic rings. The molecule has 2 heterocycles. The molecular weight excluding hydrogens is 274 g/mol. The Bertz CT molecular complexity index is 817. The van der Waals surface area contributed by atoms with Gasteiger partial charge in [0.25, 0.3) is 5.91 Å². The number of carbonyl (C=O) groups excluding carboxylic acids is 1. The molecule has 4 nitrogen and oxygen atoms in total. The molecule has 0 aliphatic carbocycles. The summed E-state index contributed by atoms with van der Waals surface area (Å²) in [5.41, 5.74) is 7.26. The van der Waals surface area contributed by atoms with Gasteiger partial charge in [-0.1, -0.05) is 23.7 Å². The fraction of sp³-hybridized carbons (Fsp3) is 0. The quantitative estimate of drug-likeness (QED) is 0.786. The average Bonchev–Trinajstić information content (AvgIpc) is 2.46. The zero-order valence-electron chi connectivity index (χ0n) is 10.3. The summed E-state index contributed by atoms with van der Waals surface area (Å²) in [7, 11) is 0. The van der Waals surface area contributed by atoms with E-state index in [2.05, 4.69) is 16.2 Å². The number of carbonyl (C=O) groups is 1. The molecule has 0 unspecified atom stereocenters. The predicted octanol–water partition coefficient (Wildman–Crippen LogP) is 2.85. The first-order valence-corrected chi connectivity index (χ1v) is 6.25. The van der Waals surface area contributed by atoms with Gasteiger partial charge in [-0.3, -0.25) is 9.78 Å². The monoisotopic (exact) mass is 282 g/mol. The lowest BCUT2D eigenvalue weighted by molar-refractivity contribution is 0.0997. The second-order valence-electron chi connectivity index (χ2n) is 4.26. The van der Waals surface area contributed by atoms with Crippen LogP contribution in [0.3, 0.4) is 0 Å². The van der Waals surface area contributed by atoms with Crippen molar-refractivity contribution in [2.24, 2.45) is 5.73 Å². The maximum Gasteiger partial charge on any atom is 0.267 e. The standard InChI is InChI=1S/C15H9ClN3O/c16-13-8-18-5-4-11(13)10-2-1-9-3-6-19-14(15(17)20)12(9)7-10/h1-5,7-8H,(H2,17,20). The molecule has 2 aromatic heterocycles. The molecule has 1 amide bonds. The highest BCUT2D eigenvalue weighted by molar-refractivity contribution is 6.33. The molecule has 0 fully saturated rings. The van der Waals surface area contributed by atoms with E-state index < -0.39 is 5.91 Å². The van der Waals surface area contributed by atoms with Crippen LogP contribution in [0.1, 0.15) is 10.5 Å². The third-order valence-corrected chi connectivity index (χ3v) is 3.32. The Morgan fingerprint density at radius 1 is 1.30 bits per heavy atom. The van der Waals surface area contributed by atoms with Crippen LogP contribution in [-0.2, 0) is 0 Å². The molecule has 97 valence electrons. The molecule has 3 rings (SSSR count). The number of benzene rings is 1. The van der Waals surface area contributed by atoms with Crippen LogP contribution in [0.15, 0.2) is 42.7 Å². The average molecular weight is 283 g/mol. The number of rotatable bonds is 2. The van der Waals surface area contributed by atoms with Gasteiger partial charge in [0, 0.05) is 23.3 Å². The molecule has 0 spiro atoms. The zero-order valence-corrected chi connectivity index (χ0v) is 11.1. The zero-order chi connectivity index (χ0) is 14.1. The van der Waals surface area contributed by atoms with E-state index in [9.17, 15) is 4.79 Å². The highest BCUT2D eigenvalue weighted by Gasteiger charge is 2.10. The van der Waals surface area contributed by atoms with E-state index in [1.807, 2.05) is 24.3 Å². The number of nitrogens with zero attached hydrogens (tertiary/aromatic N) is 2. The Hall–Kier alpha value is -2.46. The maximum absolute atomic E-state index is 11.4. The van der Waals surface area contributed by atoms with Crippen molar-refractivity contribution in [3.05, 3.63) is 59.6 Å². The number of hydrogen-bond acceptors (Lipinski definition) is 3. The highest BCUT2D eigenvalue weighted by Crippen LogP contribution is 2.30. The summed E-state index contributed by atoms with van der Waals surface area (Å²) in [5, 5.41) is 2.08. The first kappa shape index (κ1) is 12.6. The number of pyridine rings is 2. The highest BCUT2D eigenvalue weighted by atomic mass is 35.5. The van der Waals surface area contributed by atoms with Crippen LogP contribution >= 0.6 is 11.6 Å². The van der Waals surface area contributed by atoms with E-state index >= 15 is 0 Å². The Morgan fingerprint density at radius 3 is 2.90 bits per heavy atom. The Labute approximate surface area is 120 Å². The van der Waals surface area contributed by atoms with Gasteiger partial charge in [-0.2, -0.15) is 0 Å². The van der Waals surface area contributed by atoms with Crippen LogP contribution in [0.2, 0.25) is 5.02 Å². The number of fused-ring (bicyclic) bond motifs is 1. The molecule has 0 saturated heterocycles. The van der Waals surface area contributed by atoms with Crippen molar-refractivity contribution in [3.8, 4) is 11.1 Å². The lowest BCUT2D eigenvalue weighted by Gasteiger charge is -2.07. The molecule has 5 heteroatoms. The number of amides is 1. The Kier molecular flexibility index (Phi) is 3.08. The van der Waals surface area contributed by atoms with Gasteiger partial charge in [0.1, 0.15) is 5.69 Å². The van der Waals surface area contributed by atoms with Gasteiger partial charge in [-0.25, -0.2) is 4.98 Å². The summed E-state index contributed by atoms with van der Waals surface area (Å²) in [6.45, 7) is 0. The van der Waals surface area contributed by atoms with Crippen LogP contribution in [0.5, 0.6) is 0 Å². The van der Waals surface area contributed by atoms with Gasteiger partial charge >= 0.3 is 0 Å². The lowest BCUT2D eigenvalue weighted by atomic mass is 10.0. The molecule has 0 bridgehead atoms. The third kappa shape index (κ3) is 2.10. The van der Waals surface area contributed by atoms with Gasteiger partial charge in [0.2, 0.25) is 0 Å². The first-order valence-electron chi connectivity index (χ1n) is 5.87. The van der Waals surface area contributed by atoms with Crippen LogP contribution < -0.4 is 5.73 Å². The number of aromatic nitrogens is 2. The third-order valence-electron chi connectivity index (χ3n) is 3.02. The minimum Gasteiger partial charge on any atom is -0.364 e. The summed E-state index contributed by atoms with van der Waals surface area (Å²) in [6.07, 6.45) is 5.91. The predicted molar refractivity (Wildman–Crippen MR) is 77.3 cm³/mol. The van der Waals surface area contributed by atoms with Crippen molar-refractivity contribution >= 4 is 28.3 Å². The summed E-state index contributed by atoms with van der Waals surface area (Å²) in [5.74, 6) is -0.579. The van der Waals surface area contributed by atoms with Crippen LogP contribution in [0.25, 0.3) is 21.9 Å². The fourth-order valence-corrected chi connectivity index (χ4v) is 2.31. The molecule has 1 radical (unpaired) electrons. The first-order chi connectivity index (χ1) is 9.66. The second kappa shape index (κ2) is 4.90. The summed E-state index contributed by atoms with van der Waals surface area (Å²) >= 11 is 6.14. The lowest BCUT2D eigenvalue weighted by Crippen LogP contribution is -2.13. The topological polar surface area (TPSA) is 68.9 Å². The molecule has 1 aromatic carbocycles. The summed E-state index contributed by atoms with van der Waals surface area (Å²) < 4.78 is 0. The van der Waals surface area contributed by atoms with Crippen molar-refractivity contribution in [3.63, 3.8) is 0 Å². The molecule has 0 aliphatic heterocycles. The van der Waals surface area contributed by atoms with E-state index in [4.69, 9.17) is 17.3 Å². The van der Waals surface area contributed by atoms with E-state index in [0.29, 0.717) is 10.4 Å². The van der Waals surface area contributed by atoms with Crippen LogP contribution in [-0.4, -0.2) is 15.9 Å². The van der Waals surface area contributed by atoms with Gasteiger partial charge < -0.3 is 5.73 Å². The van der Waals surface area contributed by atoms with Crippen LogP contribution in [0, 0.1) is 6.20 Å². The van der Waals surface area contributed by atoms with Crippen molar-refractivity contribution < 1.29 is 4.79 Å². The SMILES string of the molecule is NC(=O)c1n[c]cc2ccc(-c3ccncc3Cl)cc12. The van der Waals surface area contributed by atoms with Gasteiger partial charge in [-0.05, 0) is 29.1 Å². The molecule has 0 saturated carbocycles. The number of halogens is 1. The van der Waals surface area contributed by atoms with Crippen molar-refractivity contribution in [2.75, 3.05) is 0 Å². The van der Waals surface area contributed by atoms with E-state index in [-0.39, 0.29) is 5.69 Å². The summed E-state index contributed by atoms with van der Waals surface area (Å²) in [4.78, 5) is 19.3. The Morgan fingerprint density at radius 2 is 2.15 bits per heavy atom. The minimum absolute atomic E-state index is 0.203. The maximum atomic E-state index is 11.4. The molecule has 20 heavy (non-hydrogen) atoms. The molecular formula is C15H9ClN3O. The molecule has 3 aromatic rings. The fourth-order valence-electron chi connectivity index (χ4n) is 2.08. The van der Waals surface area contributed by atoms with E-state index in [1.165, 1.54) is 0 Å². The largest absolute Gasteiger partial charge is 0.364 e. The molecule has 0 atom stereocenters. The van der Waals surface area contributed by atoms with E-state index in [0.717, 1.165) is 16.5 Å². The summed E-state index contributed by atoms with van der Waals surface area (Å²) in [6, 6.07) is 9.17. The normalized spacial score (nSPS) is 10.7. The number of nitrogens with two attached hydrogens (primary N) is 1. The van der Waals surface area contributed by atoms with Gasteiger partial charge in [-0.15, -0.1) is 0 Å². The number of hydrogen-bond donors (Lipinski definition) is 1. The van der Waals surface area contributed by atoms with E-state index in [1.54, 1.807) is 18.5 Å². The number of primary amides is 1. The van der Waals surface area contributed by atoms with Gasteiger partial charge in [0.15, 0.2) is 0 Å². The van der Waals surface area contributed by atoms with Gasteiger partial charge in [0.05, 0.1) is 11.2 Å².